The minimum atomic E-state index is -1.50. The number of aliphatic hydroxyl groups excluding tert-OH is 1. The molecule has 0 aliphatic carbocycles. The third kappa shape index (κ3) is 13.7. The van der Waals surface area contributed by atoms with Crippen molar-refractivity contribution < 1.29 is 72.1 Å². The van der Waals surface area contributed by atoms with Crippen molar-refractivity contribution in [1.29, 1.82) is 0 Å². The van der Waals surface area contributed by atoms with Crippen molar-refractivity contribution in [3.05, 3.63) is 24.3 Å². The van der Waals surface area contributed by atoms with Crippen molar-refractivity contribution in [3.63, 3.8) is 0 Å². The summed E-state index contributed by atoms with van der Waals surface area (Å²) in [4.78, 5) is 65.7. The first-order valence-electron chi connectivity index (χ1n) is 20.5. The summed E-state index contributed by atoms with van der Waals surface area (Å²) in [6.07, 6.45) is -3.34. The van der Waals surface area contributed by atoms with Gasteiger partial charge in [0.15, 0.2) is 24.5 Å². The lowest BCUT2D eigenvalue weighted by molar-refractivity contribution is -0.344. The number of carbonyl (C=O) groups excluding carboxylic acids is 5. The van der Waals surface area contributed by atoms with Crippen LogP contribution >= 0.6 is 0 Å². The van der Waals surface area contributed by atoms with E-state index in [0.29, 0.717) is 19.1 Å². The zero-order chi connectivity index (χ0) is 43.3. The molecule has 2 saturated heterocycles. The molecule has 0 bridgehead atoms. The fourth-order valence-corrected chi connectivity index (χ4v) is 7.90. The van der Waals surface area contributed by atoms with Crippen LogP contribution in [0.1, 0.15) is 99.8 Å². The maximum absolute atomic E-state index is 13.3. The number of methoxy groups -OCH3 is 1. The Labute approximate surface area is 342 Å². The Morgan fingerprint density at radius 2 is 1.69 bits per heavy atom. The molecular weight excluding hydrogens is 758 g/mol. The van der Waals surface area contributed by atoms with E-state index in [1.165, 1.54) is 13.2 Å². The Kier molecular flexibility index (Phi) is 19.6. The van der Waals surface area contributed by atoms with E-state index >= 15 is 0 Å². The van der Waals surface area contributed by atoms with Gasteiger partial charge in [-0.05, 0) is 66.6 Å². The molecule has 0 unspecified atom stereocenters. The van der Waals surface area contributed by atoms with E-state index in [0.717, 1.165) is 0 Å². The number of aldehydes is 1. The van der Waals surface area contributed by atoms with Gasteiger partial charge in [0.25, 0.3) is 0 Å². The maximum Gasteiger partial charge on any atom is 0.309 e. The Hall–Kier alpha value is -3.09. The highest BCUT2D eigenvalue weighted by atomic mass is 16.7. The molecule has 0 aromatic heterocycles. The van der Waals surface area contributed by atoms with Crippen LogP contribution in [0.25, 0.3) is 0 Å². The molecule has 0 spiro atoms. The zero-order valence-corrected chi connectivity index (χ0v) is 35.8. The topological polar surface area (TPSA) is 203 Å². The van der Waals surface area contributed by atoms with Crippen LogP contribution in [-0.2, 0) is 61.9 Å². The summed E-state index contributed by atoms with van der Waals surface area (Å²) in [6, 6.07) is -0.793. The van der Waals surface area contributed by atoms with Crippen LogP contribution in [0.3, 0.4) is 0 Å². The van der Waals surface area contributed by atoms with Gasteiger partial charge in [0.05, 0.1) is 30.8 Å². The number of likely N-dealkylation sites (N-methyl/N-ethyl adjacent to an activating group) is 1. The lowest BCUT2D eigenvalue weighted by atomic mass is 9.83. The summed E-state index contributed by atoms with van der Waals surface area (Å²) in [5.41, 5.74) is -1.50. The van der Waals surface area contributed by atoms with Gasteiger partial charge >= 0.3 is 17.9 Å². The van der Waals surface area contributed by atoms with Gasteiger partial charge in [-0.25, -0.2) is 0 Å². The number of cyclic esters (lactones) is 1. The predicted molar refractivity (Wildman–Crippen MR) is 209 cm³/mol. The number of aliphatic hydroxyl groups is 2. The molecule has 3 heterocycles. The minimum Gasteiger partial charge on any atom is -0.462 e. The number of nitrogens with zero attached hydrogens (tertiary/aromatic N) is 1. The van der Waals surface area contributed by atoms with E-state index in [1.807, 2.05) is 6.92 Å². The van der Waals surface area contributed by atoms with E-state index < -0.39 is 115 Å². The lowest BCUT2D eigenvalue weighted by Crippen LogP contribution is -2.66. The highest BCUT2D eigenvalue weighted by Crippen LogP contribution is 2.37. The number of hydrogen-bond donors (Lipinski definition) is 2. The molecule has 3 aliphatic rings. The number of ether oxygens (including phenoxy) is 8. The monoisotopic (exact) mass is 825 g/mol. The minimum absolute atomic E-state index is 0.0121. The second kappa shape index (κ2) is 23.1. The van der Waals surface area contributed by atoms with Crippen LogP contribution in [0, 0.1) is 11.8 Å². The van der Waals surface area contributed by atoms with Crippen LogP contribution < -0.4 is 0 Å². The van der Waals surface area contributed by atoms with E-state index in [1.54, 1.807) is 78.8 Å². The van der Waals surface area contributed by atoms with E-state index in [2.05, 4.69) is 0 Å². The van der Waals surface area contributed by atoms with Crippen LogP contribution in [0.4, 0.5) is 0 Å². The summed E-state index contributed by atoms with van der Waals surface area (Å²) in [7, 11) is 4.83. The third-order valence-electron chi connectivity index (χ3n) is 10.9. The van der Waals surface area contributed by atoms with Crippen molar-refractivity contribution in [1.82, 2.24) is 4.90 Å². The standard InChI is InChI=1S/C42H67NO15/c1-11-16-32(47)56-40-27(6)53-34(23-42(40,7)50)57-37-26(5)54-41(36(49)35(37)43(8)9)58-38-28(19-20-44)21-24(3)29(45)18-15-13-14-17-25(4)52-33(48)22-30(39(38)51-10)55-31(46)12-2/h13-15,18,20,24-28,30,34-41,49-50H,11-12,16-17,19,21-23H2,1-10H3/b14-13+,18-15+/t24-,25-,26-,27+,28-,30+,34-,35+,36-,37+,38-,39-,40-,41+,42+/m0/s1. The van der Waals surface area contributed by atoms with E-state index in [9.17, 15) is 34.2 Å². The molecule has 0 saturated carbocycles. The van der Waals surface area contributed by atoms with Crippen molar-refractivity contribution >= 4 is 30.0 Å². The van der Waals surface area contributed by atoms with Gasteiger partial charge in [-0.1, -0.05) is 39.0 Å². The van der Waals surface area contributed by atoms with Gasteiger partial charge in [0, 0.05) is 45.1 Å². The summed E-state index contributed by atoms with van der Waals surface area (Å²) in [6.45, 7) is 11.9. The first-order chi connectivity index (χ1) is 27.4. The summed E-state index contributed by atoms with van der Waals surface area (Å²) >= 11 is 0. The van der Waals surface area contributed by atoms with E-state index in [-0.39, 0.29) is 37.9 Å². The van der Waals surface area contributed by atoms with Gasteiger partial charge in [-0.3, -0.25) is 19.2 Å². The lowest BCUT2D eigenvalue weighted by Gasteiger charge is -2.50. The Bertz CT molecular complexity index is 1420. The largest absolute Gasteiger partial charge is 0.462 e. The number of rotatable bonds is 13. The molecule has 330 valence electrons. The summed E-state index contributed by atoms with van der Waals surface area (Å²) in [5, 5.41) is 23.5. The molecule has 16 nitrogen and oxygen atoms in total. The average molecular weight is 826 g/mol. The molecule has 58 heavy (non-hydrogen) atoms. The average Bonchev–Trinajstić information content (AvgIpc) is 3.13. The molecule has 0 aromatic carbocycles. The normalized spacial score (nSPS) is 39.3. The Balaban J connectivity index is 2.00. The highest BCUT2D eigenvalue weighted by Gasteiger charge is 2.53. The van der Waals surface area contributed by atoms with Crippen LogP contribution in [0.15, 0.2) is 24.3 Å². The second-order valence-electron chi connectivity index (χ2n) is 16.2. The first-order valence-corrected chi connectivity index (χ1v) is 20.5. The molecular formula is C42H67NO15. The fourth-order valence-electron chi connectivity index (χ4n) is 7.90. The fraction of sp³-hybridized carbons (Fsp3) is 0.786. The quantitative estimate of drug-likeness (QED) is 0.155. The van der Waals surface area contributed by atoms with Gasteiger partial charge in [-0.2, -0.15) is 0 Å². The molecule has 2 fully saturated rings. The molecule has 15 atom stereocenters. The van der Waals surface area contributed by atoms with E-state index in [4.69, 9.17) is 37.9 Å². The highest BCUT2D eigenvalue weighted by molar-refractivity contribution is 5.91. The van der Waals surface area contributed by atoms with Crippen LogP contribution in [-0.4, -0.2) is 145 Å². The number of hydrogen-bond acceptors (Lipinski definition) is 16. The molecule has 2 N–H and O–H groups in total. The van der Waals surface area contributed by atoms with Crippen molar-refractivity contribution in [2.45, 2.75) is 179 Å². The van der Waals surface area contributed by atoms with Gasteiger partial charge in [0.1, 0.15) is 42.4 Å². The SMILES string of the molecule is CCCC(=O)O[C@H]1[C@@H](C)O[C@@H](O[C@H]2[C@H](N(C)C)[C@H](O)[C@@H](O[C@H]3[C@@H](CC=O)C[C@H](C)C(=O)/C=C/C=C/C[C@H](C)OC(=O)C[C@@H](OC(=O)CC)[C@@H]3OC)O[C@H]2C)C[C@@]1(C)O. The maximum atomic E-state index is 13.3. The zero-order valence-electron chi connectivity index (χ0n) is 35.8. The third-order valence-corrected chi connectivity index (χ3v) is 10.9. The smallest absolute Gasteiger partial charge is 0.309 e. The van der Waals surface area contributed by atoms with Crippen molar-refractivity contribution in [3.8, 4) is 0 Å². The summed E-state index contributed by atoms with van der Waals surface area (Å²) < 4.78 is 48.6. The van der Waals surface area contributed by atoms with Crippen molar-refractivity contribution in [2.75, 3.05) is 21.2 Å². The molecule has 0 amide bonds. The Morgan fingerprint density at radius 1 is 0.983 bits per heavy atom. The molecule has 0 radical (unpaired) electrons. The number of allylic oxidation sites excluding steroid dienone is 3. The van der Waals surface area contributed by atoms with Gasteiger partial charge < -0.3 is 57.8 Å². The van der Waals surface area contributed by atoms with Crippen LogP contribution in [0.2, 0.25) is 0 Å². The number of carbonyl (C=O) groups is 5. The van der Waals surface area contributed by atoms with Crippen LogP contribution in [0.5, 0.6) is 0 Å². The van der Waals surface area contributed by atoms with Gasteiger partial charge in [0.2, 0.25) is 0 Å². The summed E-state index contributed by atoms with van der Waals surface area (Å²) in [5.74, 6) is -3.28. The predicted octanol–water partition coefficient (Wildman–Crippen LogP) is 3.37. The molecule has 0 aromatic rings. The Morgan fingerprint density at radius 3 is 2.29 bits per heavy atom. The van der Waals surface area contributed by atoms with Crippen molar-refractivity contribution in [2.24, 2.45) is 11.8 Å². The van der Waals surface area contributed by atoms with Gasteiger partial charge in [-0.15, -0.1) is 0 Å². The molecule has 3 aliphatic heterocycles. The molecule has 3 rings (SSSR count). The molecule has 16 heteroatoms. The second-order valence-corrected chi connectivity index (χ2v) is 16.2. The first kappa shape index (κ1) is 49.3. The number of esters is 3. The number of ketones is 1.